The standard InChI is InChI=1S/C19H36O5.Ca/c20-18(21)16-14-12-10-8-6-4-2-1-3-5-7-9-11-13-15-17-24-19(22)23;/h1-17H2,(H,20,21)(H,22,23);/q;+2/p-2. The van der Waals surface area contributed by atoms with Crippen LogP contribution in [0.5, 0.6) is 0 Å². The van der Waals surface area contributed by atoms with Crippen LogP contribution in [0.3, 0.4) is 0 Å². The van der Waals surface area contributed by atoms with E-state index >= 15 is 0 Å². The molecule has 0 heterocycles. The van der Waals surface area contributed by atoms with E-state index in [2.05, 4.69) is 4.74 Å². The van der Waals surface area contributed by atoms with Crippen molar-refractivity contribution in [2.24, 2.45) is 0 Å². The van der Waals surface area contributed by atoms with Crippen molar-refractivity contribution in [2.75, 3.05) is 6.61 Å². The minimum Gasteiger partial charge on any atom is -0.550 e. The second kappa shape index (κ2) is 22.0. The first-order chi connectivity index (χ1) is 11.6. The van der Waals surface area contributed by atoms with Gasteiger partial charge in [0.2, 0.25) is 0 Å². The molecule has 0 atom stereocenters. The summed E-state index contributed by atoms with van der Waals surface area (Å²) in [5.41, 5.74) is 0. The van der Waals surface area contributed by atoms with Crippen LogP contribution in [0.1, 0.15) is 103 Å². The SMILES string of the molecule is O=C([O-])CCCCCCCCCCCCCCCCCOC(=O)[O-].[Ca+2]. The van der Waals surface area contributed by atoms with Gasteiger partial charge in [0.05, 0.1) is 0 Å². The zero-order valence-corrected chi connectivity index (χ0v) is 18.0. The second-order valence-electron chi connectivity index (χ2n) is 6.52. The van der Waals surface area contributed by atoms with Gasteiger partial charge in [-0.25, -0.2) is 0 Å². The van der Waals surface area contributed by atoms with Gasteiger partial charge >= 0.3 is 37.7 Å². The summed E-state index contributed by atoms with van der Waals surface area (Å²) in [4.78, 5) is 20.3. The predicted octanol–water partition coefficient (Wildman–Crippen LogP) is 2.96. The van der Waals surface area contributed by atoms with Crippen LogP contribution in [0, 0.1) is 0 Å². The number of rotatable bonds is 18. The van der Waals surface area contributed by atoms with E-state index in [0.717, 1.165) is 38.5 Å². The molecule has 6 heteroatoms. The Hall–Kier alpha value is -0.000260. The van der Waals surface area contributed by atoms with E-state index in [1.54, 1.807) is 0 Å². The Labute approximate surface area is 182 Å². The maximum absolute atomic E-state index is 10.2. The van der Waals surface area contributed by atoms with Gasteiger partial charge in [-0.05, 0) is 19.3 Å². The molecule has 0 aliphatic carbocycles. The molecule has 0 aliphatic heterocycles. The van der Waals surface area contributed by atoms with Crippen LogP contribution in [0.15, 0.2) is 0 Å². The van der Waals surface area contributed by atoms with Gasteiger partial charge in [-0.3, -0.25) is 0 Å². The van der Waals surface area contributed by atoms with Crippen LogP contribution >= 0.6 is 0 Å². The van der Waals surface area contributed by atoms with Gasteiger partial charge in [-0.2, -0.15) is 0 Å². The zero-order chi connectivity index (χ0) is 17.9. The Morgan fingerprint density at radius 2 is 0.880 bits per heavy atom. The monoisotopic (exact) mass is 382 g/mol. The summed E-state index contributed by atoms with van der Waals surface area (Å²) < 4.78 is 4.35. The van der Waals surface area contributed by atoms with Gasteiger partial charge in [0.25, 0.3) is 6.16 Å². The maximum Gasteiger partial charge on any atom is 2.00 e. The molecular weight excluding hydrogens is 348 g/mol. The van der Waals surface area contributed by atoms with Gasteiger partial charge in [-0.15, -0.1) is 0 Å². The fourth-order valence-corrected chi connectivity index (χ4v) is 2.82. The molecular formula is C19H34CaO5. The molecule has 0 radical (unpaired) electrons. The van der Waals surface area contributed by atoms with Crippen molar-refractivity contribution in [1.29, 1.82) is 0 Å². The third kappa shape index (κ3) is 26.3. The summed E-state index contributed by atoms with van der Waals surface area (Å²) in [6, 6.07) is 0. The topological polar surface area (TPSA) is 89.5 Å². The summed E-state index contributed by atoms with van der Waals surface area (Å²) >= 11 is 0. The van der Waals surface area contributed by atoms with E-state index in [-0.39, 0.29) is 50.8 Å². The summed E-state index contributed by atoms with van der Waals surface area (Å²) in [5, 5.41) is 20.3. The summed E-state index contributed by atoms with van der Waals surface area (Å²) in [7, 11) is 0. The normalized spacial score (nSPS) is 10.2. The molecule has 142 valence electrons. The number of aliphatic carboxylic acids is 1. The fraction of sp³-hybridized carbons (Fsp3) is 0.895. The molecule has 0 aliphatic rings. The van der Waals surface area contributed by atoms with Gasteiger partial charge in [0.15, 0.2) is 0 Å². The van der Waals surface area contributed by atoms with Crippen LogP contribution < -0.4 is 10.2 Å². The Morgan fingerprint density at radius 3 is 1.20 bits per heavy atom. The predicted molar refractivity (Wildman–Crippen MR) is 96.0 cm³/mol. The molecule has 0 saturated carbocycles. The molecule has 0 fully saturated rings. The molecule has 0 spiro atoms. The van der Waals surface area contributed by atoms with Crippen molar-refractivity contribution in [3.63, 3.8) is 0 Å². The van der Waals surface area contributed by atoms with E-state index in [9.17, 15) is 19.8 Å². The van der Waals surface area contributed by atoms with Gasteiger partial charge in [-0.1, -0.05) is 83.5 Å². The summed E-state index contributed by atoms with van der Waals surface area (Å²) in [5.74, 6) is -0.931. The van der Waals surface area contributed by atoms with Crippen molar-refractivity contribution in [1.82, 2.24) is 0 Å². The number of carboxylic acid groups (broad SMARTS) is 2. The number of unbranched alkanes of at least 4 members (excludes halogenated alkanes) is 14. The number of carbonyl (C=O) groups is 2. The van der Waals surface area contributed by atoms with E-state index in [1.807, 2.05) is 0 Å². The smallest absolute Gasteiger partial charge is 0.550 e. The second-order valence-corrected chi connectivity index (χ2v) is 6.52. The van der Waals surface area contributed by atoms with E-state index < -0.39 is 12.1 Å². The summed E-state index contributed by atoms with van der Waals surface area (Å²) in [6.07, 6.45) is 16.1. The van der Waals surface area contributed by atoms with Crippen molar-refractivity contribution in [3.05, 3.63) is 0 Å². The first-order valence-corrected chi connectivity index (χ1v) is 9.66. The number of hydrogen-bond acceptors (Lipinski definition) is 5. The van der Waals surface area contributed by atoms with Crippen molar-refractivity contribution in [2.45, 2.75) is 103 Å². The molecule has 5 nitrogen and oxygen atoms in total. The number of hydrogen-bond donors (Lipinski definition) is 0. The first kappa shape index (κ1) is 27.2. The number of ether oxygens (including phenoxy) is 1. The molecule has 25 heavy (non-hydrogen) atoms. The molecule has 0 N–H and O–H groups in total. The van der Waals surface area contributed by atoms with E-state index in [4.69, 9.17) is 0 Å². The Morgan fingerprint density at radius 1 is 0.560 bits per heavy atom. The molecule has 0 amide bonds. The average Bonchev–Trinajstić information content (AvgIpc) is 2.53. The van der Waals surface area contributed by atoms with E-state index in [1.165, 1.54) is 57.8 Å². The Balaban J connectivity index is 0. The Kier molecular flexibility index (Phi) is 24.0. The van der Waals surface area contributed by atoms with Crippen molar-refractivity contribution >= 4 is 49.9 Å². The Bertz CT molecular complexity index is 280. The minimum atomic E-state index is -1.43. The molecule has 0 saturated heterocycles. The van der Waals surface area contributed by atoms with Gasteiger partial charge in [0.1, 0.15) is 0 Å². The van der Waals surface area contributed by atoms with Crippen LogP contribution in [-0.4, -0.2) is 56.5 Å². The zero-order valence-electron chi connectivity index (χ0n) is 15.8. The molecule has 0 bridgehead atoms. The minimum absolute atomic E-state index is 0. The van der Waals surface area contributed by atoms with Crippen molar-refractivity contribution in [3.8, 4) is 0 Å². The first-order valence-electron chi connectivity index (χ1n) is 9.66. The largest absolute Gasteiger partial charge is 2.00 e. The average molecular weight is 383 g/mol. The van der Waals surface area contributed by atoms with Crippen LogP contribution in [0.4, 0.5) is 4.79 Å². The van der Waals surface area contributed by atoms with Crippen molar-refractivity contribution < 1.29 is 24.5 Å². The molecule has 0 rings (SSSR count). The van der Waals surface area contributed by atoms with E-state index in [0.29, 0.717) is 0 Å². The van der Waals surface area contributed by atoms with Gasteiger partial charge < -0.3 is 24.5 Å². The summed E-state index contributed by atoms with van der Waals surface area (Å²) in [6.45, 7) is 0.263. The van der Waals surface area contributed by atoms with Gasteiger partial charge in [0, 0.05) is 12.6 Å². The maximum atomic E-state index is 10.2. The molecule has 0 aromatic rings. The molecule has 0 unspecified atom stereocenters. The molecule has 0 aromatic heterocycles. The quantitative estimate of drug-likeness (QED) is 0.206. The fourth-order valence-electron chi connectivity index (χ4n) is 2.82. The van der Waals surface area contributed by atoms with Crippen LogP contribution in [0.2, 0.25) is 0 Å². The third-order valence-corrected chi connectivity index (χ3v) is 4.25. The van der Waals surface area contributed by atoms with Crippen LogP contribution in [0.25, 0.3) is 0 Å². The van der Waals surface area contributed by atoms with Crippen LogP contribution in [-0.2, 0) is 9.53 Å². The molecule has 0 aromatic carbocycles. The third-order valence-electron chi connectivity index (χ3n) is 4.25. The number of carbonyl (C=O) groups excluding carboxylic acids is 2. The number of carboxylic acids is 1.